The fourth-order valence-corrected chi connectivity index (χ4v) is 2.64. The van der Waals surface area contributed by atoms with Crippen molar-refractivity contribution >= 4 is 46.8 Å². The quantitative estimate of drug-likeness (QED) is 0.499. The van der Waals surface area contributed by atoms with Crippen molar-refractivity contribution in [3.63, 3.8) is 0 Å². The van der Waals surface area contributed by atoms with Gasteiger partial charge in [-0.25, -0.2) is 4.79 Å². The van der Waals surface area contributed by atoms with Crippen molar-refractivity contribution in [3.8, 4) is 5.75 Å². The topological polar surface area (TPSA) is 84.9 Å². The first kappa shape index (κ1) is 20.8. The van der Waals surface area contributed by atoms with Gasteiger partial charge >= 0.3 is 5.97 Å². The third kappa shape index (κ3) is 6.29. The first-order valence-corrected chi connectivity index (χ1v) is 8.59. The van der Waals surface area contributed by atoms with E-state index >= 15 is 0 Å². The molecule has 2 rings (SSSR count). The summed E-state index contributed by atoms with van der Waals surface area (Å²) in [4.78, 5) is 23.4. The molecular formula is C19H17Cl2NO5. The molecule has 142 valence electrons. The highest BCUT2D eigenvalue weighted by Crippen LogP contribution is 2.27. The fraction of sp³-hybridized carbons (Fsp3) is 0.158. The van der Waals surface area contributed by atoms with Crippen LogP contribution in [-0.4, -0.2) is 37.3 Å². The number of aliphatic carboxylic acids is 1. The Morgan fingerprint density at radius 1 is 1.15 bits per heavy atom. The van der Waals surface area contributed by atoms with Crippen molar-refractivity contribution in [2.45, 2.75) is 0 Å². The molecule has 0 aliphatic heterocycles. The molecule has 0 saturated carbocycles. The van der Waals surface area contributed by atoms with Crippen LogP contribution < -0.4 is 10.1 Å². The molecule has 0 saturated heterocycles. The molecule has 0 unspecified atom stereocenters. The zero-order chi connectivity index (χ0) is 19.8. The minimum Gasteiger partial charge on any atom is -0.491 e. The number of carboxylic acids is 1. The van der Waals surface area contributed by atoms with Crippen LogP contribution in [0.15, 0.2) is 42.5 Å². The molecule has 27 heavy (non-hydrogen) atoms. The molecular weight excluding hydrogens is 393 g/mol. The lowest BCUT2D eigenvalue weighted by Gasteiger charge is -2.13. The number of anilines is 1. The summed E-state index contributed by atoms with van der Waals surface area (Å²) >= 11 is 11.9. The summed E-state index contributed by atoms with van der Waals surface area (Å²) < 4.78 is 10.5. The Hall–Kier alpha value is -2.54. The van der Waals surface area contributed by atoms with E-state index in [1.807, 2.05) is 0 Å². The van der Waals surface area contributed by atoms with Crippen LogP contribution in [0.3, 0.4) is 0 Å². The van der Waals surface area contributed by atoms with E-state index in [9.17, 15) is 9.59 Å². The van der Waals surface area contributed by atoms with E-state index in [1.165, 1.54) is 18.2 Å². The number of methoxy groups -OCH3 is 1. The summed E-state index contributed by atoms with van der Waals surface area (Å²) in [6.45, 7) is 0.736. The molecule has 0 bridgehead atoms. The van der Waals surface area contributed by atoms with Gasteiger partial charge in [-0.15, -0.1) is 0 Å². The van der Waals surface area contributed by atoms with Crippen molar-refractivity contribution in [3.05, 3.63) is 63.6 Å². The first-order valence-electron chi connectivity index (χ1n) is 7.84. The molecule has 6 nitrogen and oxygen atoms in total. The minimum atomic E-state index is -1.10. The van der Waals surface area contributed by atoms with Crippen LogP contribution in [0.5, 0.6) is 5.75 Å². The number of rotatable bonds is 8. The van der Waals surface area contributed by atoms with Crippen molar-refractivity contribution in [1.29, 1.82) is 0 Å². The number of carbonyl (C=O) groups excluding carboxylic acids is 1. The van der Waals surface area contributed by atoms with Crippen LogP contribution in [0, 0.1) is 0 Å². The van der Waals surface area contributed by atoms with E-state index in [0.29, 0.717) is 35.2 Å². The zero-order valence-corrected chi connectivity index (χ0v) is 15.9. The number of amides is 1. The highest BCUT2D eigenvalue weighted by molar-refractivity contribution is 6.37. The van der Waals surface area contributed by atoms with Gasteiger partial charge < -0.3 is 19.9 Å². The first-order chi connectivity index (χ1) is 12.9. The maximum atomic E-state index is 12.6. The molecule has 0 radical (unpaired) electrons. The third-order valence-electron chi connectivity index (χ3n) is 3.41. The number of hydrogen-bond acceptors (Lipinski definition) is 4. The molecule has 0 aromatic heterocycles. The maximum Gasteiger partial charge on any atom is 0.328 e. The molecule has 0 aliphatic rings. The Bertz CT molecular complexity index is 867. The molecule has 8 heteroatoms. The van der Waals surface area contributed by atoms with E-state index in [4.69, 9.17) is 37.8 Å². The van der Waals surface area contributed by atoms with Gasteiger partial charge in [-0.2, -0.15) is 0 Å². The minimum absolute atomic E-state index is 0.204. The van der Waals surface area contributed by atoms with Crippen LogP contribution in [0.25, 0.3) is 6.08 Å². The highest BCUT2D eigenvalue weighted by Gasteiger charge is 2.13. The maximum absolute atomic E-state index is 12.6. The largest absolute Gasteiger partial charge is 0.491 e. The van der Waals surface area contributed by atoms with Crippen molar-refractivity contribution in [1.82, 2.24) is 0 Å². The van der Waals surface area contributed by atoms with Gasteiger partial charge in [0.1, 0.15) is 12.4 Å². The number of carboxylic acid groups (broad SMARTS) is 1. The van der Waals surface area contributed by atoms with Gasteiger partial charge in [0.05, 0.1) is 22.9 Å². The van der Waals surface area contributed by atoms with E-state index in [0.717, 1.165) is 6.08 Å². The number of halogens is 2. The lowest BCUT2D eigenvalue weighted by molar-refractivity contribution is -0.131. The predicted octanol–water partition coefficient (Wildman–Crippen LogP) is 4.37. The Balaban J connectivity index is 2.30. The molecule has 2 aromatic carbocycles. The summed E-state index contributed by atoms with van der Waals surface area (Å²) in [5.74, 6) is -1.07. The zero-order valence-electron chi connectivity index (χ0n) is 14.4. The smallest absolute Gasteiger partial charge is 0.328 e. The second kappa shape index (κ2) is 9.97. The summed E-state index contributed by atoms with van der Waals surface area (Å²) in [5.41, 5.74) is 1.10. The number of hydrogen-bond donors (Lipinski definition) is 2. The summed E-state index contributed by atoms with van der Waals surface area (Å²) in [5, 5.41) is 12.2. The normalized spacial score (nSPS) is 10.8. The molecule has 0 aliphatic carbocycles. The number of nitrogens with one attached hydrogen (secondary N) is 1. The van der Waals surface area contributed by atoms with Crippen LogP contribution in [0.1, 0.15) is 15.9 Å². The van der Waals surface area contributed by atoms with Gasteiger partial charge in [0.15, 0.2) is 0 Å². The molecule has 2 aromatic rings. The molecule has 0 atom stereocenters. The van der Waals surface area contributed by atoms with Crippen molar-refractivity contribution in [2.75, 3.05) is 25.6 Å². The average molecular weight is 410 g/mol. The molecule has 2 N–H and O–H groups in total. The van der Waals surface area contributed by atoms with Gasteiger partial charge in [-0.3, -0.25) is 4.79 Å². The van der Waals surface area contributed by atoms with Crippen LogP contribution >= 0.6 is 23.2 Å². The number of carbonyl (C=O) groups is 2. The van der Waals surface area contributed by atoms with Gasteiger partial charge in [0, 0.05) is 24.3 Å². The second-order valence-electron chi connectivity index (χ2n) is 5.34. The van der Waals surface area contributed by atoms with Gasteiger partial charge in [-0.1, -0.05) is 23.2 Å². The van der Waals surface area contributed by atoms with Crippen LogP contribution in [-0.2, 0) is 9.53 Å². The van der Waals surface area contributed by atoms with Gasteiger partial charge in [-0.05, 0) is 42.0 Å². The monoisotopic (exact) mass is 409 g/mol. The third-order valence-corrected chi connectivity index (χ3v) is 3.96. The lowest BCUT2D eigenvalue weighted by Crippen LogP contribution is -2.13. The molecule has 0 spiro atoms. The Morgan fingerprint density at radius 3 is 2.59 bits per heavy atom. The Morgan fingerprint density at radius 2 is 1.93 bits per heavy atom. The summed E-state index contributed by atoms with van der Waals surface area (Å²) in [6.07, 6.45) is 2.35. The predicted molar refractivity (Wildman–Crippen MR) is 105 cm³/mol. The lowest BCUT2D eigenvalue weighted by atomic mass is 10.1. The van der Waals surface area contributed by atoms with Gasteiger partial charge in [0.25, 0.3) is 5.91 Å². The second-order valence-corrected chi connectivity index (χ2v) is 6.18. The highest BCUT2D eigenvalue weighted by atomic mass is 35.5. The number of ether oxygens (including phenoxy) is 2. The van der Waals surface area contributed by atoms with E-state index < -0.39 is 11.9 Å². The summed E-state index contributed by atoms with van der Waals surface area (Å²) in [6, 6.07) is 9.43. The van der Waals surface area contributed by atoms with Gasteiger partial charge in [0.2, 0.25) is 0 Å². The standard InChI is InChI=1S/C19H17Cl2NO5/c1-26-8-9-27-14-5-2-12(3-7-18(23)24)17(11-14)22-19(25)15-6-4-13(20)10-16(15)21/h2-7,10-11H,8-9H2,1H3,(H,22,25)(H,23,24). The molecule has 0 heterocycles. The summed E-state index contributed by atoms with van der Waals surface area (Å²) in [7, 11) is 1.56. The average Bonchev–Trinajstić information content (AvgIpc) is 2.61. The Kier molecular flexibility index (Phi) is 7.67. The SMILES string of the molecule is COCCOc1ccc(C=CC(=O)O)c(NC(=O)c2ccc(Cl)cc2Cl)c1. The molecule has 1 amide bonds. The van der Waals surface area contributed by atoms with E-state index in [1.54, 1.807) is 31.4 Å². The Labute approximate surface area is 166 Å². The van der Waals surface area contributed by atoms with Crippen LogP contribution in [0.4, 0.5) is 5.69 Å². The molecule has 0 fully saturated rings. The van der Waals surface area contributed by atoms with Crippen molar-refractivity contribution in [2.24, 2.45) is 0 Å². The van der Waals surface area contributed by atoms with Crippen LogP contribution in [0.2, 0.25) is 10.0 Å². The fourth-order valence-electron chi connectivity index (χ4n) is 2.15. The van der Waals surface area contributed by atoms with Crippen molar-refractivity contribution < 1.29 is 24.2 Å². The van der Waals surface area contributed by atoms with E-state index in [-0.39, 0.29) is 10.6 Å². The number of benzene rings is 2. The van der Waals surface area contributed by atoms with E-state index in [2.05, 4.69) is 5.32 Å².